The highest BCUT2D eigenvalue weighted by Gasteiger charge is 2.18. The lowest BCUT2D eigenvalue weighted by atomic mass is 10.1. The maximum atomic E-state index is 13.6. The van der Waals surface area contributed by atoms with Gasteiger partial charge < -0.3 is 18.9 Å². The van der Waals surface area contributed by atoms with Gasteiger partial charge in [-0.15, -0.1) is 0 Å². The summed E-state index contributed by atoms with van der Waals surface area (Å²) in [7, 11) is 4.52. The molecule has 0 spiro atoms. The second kappa shape index (κ2) is 10.9. The zero-order chi connectivity index (χ0) is 22.1. The summed E-state index contributed by atoms with van der Waals surface area (Å²) in [6, 6.07) is 9.24. The molecule has 2 N–H and O–H groups in total. The van der Waals surface area contributed by atoms with Crippen molar-refractivity contribution in [2.75, 3.05) is 21.3 Å². The average molecular weight is 420 g/mol. The molecule has 0 saturated carbocycles. The second-order valence-corrected chi connectivity index (χ2v) is 6.26. The van der Waals surface area contributed by atoms with Gasteiger partial charge in [-0.3, -0.25) is 20.4 Å². The average Bonchev–Trinajstić information content (AvgIpc) is 2.76. The van der Waals surface area contributed by atoms with E-state index in [-0.39, 0.29) is 12.2 Å². The maximum Gasteiger partial charge on any atom is 0.279 e. The molecule has 0 aliphatic rings. The largest absolute Gasteiger partial charge is 0.493 e. The Labute approximate surface area is 174 Å². The number of carbonyl (C=O) groups is 2. The van der Waals surface area contributed by atoms with E-state index in [1.54, 1.807) is 18.2 Å². The van der Waals surface area contributed by atoms with Gasteiger partial charge in [0, 0.05) is 6.42 Å². The van der Waals surface area contributed by atoms with Gasteiger partial charge in [-0.05, 0) is 43.2 Å². The van der Waals surface area contributed by atoms with Gasteiger partial charge in [-0.1, -0.05) is 12.1 Å². The Bertz CT molecular complexity index is 865. The van der Waals surface area contributed by atoms with Crippen LogP contribution in [0.3, 0.4) is 0 Å². The number of methoxy groups -OCH3 is 3. The Morgan fingerprint density at radius 1 is 0.967 bits per heavy atom. The van der Waals surface area contributed by atoms with Crippen molar-refractivity contribution >= 4 is 11.8 Å². The highest BCUT2D eigenvalue weighted by molar-refractivity contribution is 5.84. The highest BCUT2D eigenvalue weighted by Crippen LogP contribution is 2.38. The molecule has 0 radical (unpaired) electrons. The fourth-order valence-corrected chi connectivity index (χ4v) is 2.62. The number of hydrogen-bond acceptors (Lipinski definition) is 6. The third-order valence-corrected chi connectivity index (χ3v) is 4.20. The van der Waals surface area contributed by atoms with Crippen molar-refractivity contribution in [1.29, 1.82) is 0 Å². The molecule has 2 rings (SSSR count). The molecule has 2 aromatic rings. The van der Waals surface area contributed by atoms with E-state index in [1.807, 2.05) is 0 Å². The van der Waals surface area contributed by atoms with Crippen LogP contribution >= 0.6 is 0 Å². The monoisotopic (exact) mass is 420 g/mol. The summed E-state index contributed by atoms with van der Waals surface area (Å²) in [5.74, 6) is -0.210. The summed E-state index contributed by atoms with van der Waals surface area (Å²) >= 11 is 0. The second-order valence-electron chi connectivity index (χ2n) is 6.26. The van der Waals surface area contributed by atoms with Gasteiger partial charge in [-0.25, -0.2) is 4.39 Å². The molecule has 0 heterocycles. The summed E-state index contributed by atoms with van der Waals surface area (Å²) in [4.78, 5) is 24.1. The Kier molecular flexibility index (Phi) is 8.28. The number of rotatable bonds is 9. The number of halogens is 1. The molecule has 30 heavy (non-hydrogen) atoms. The predicted molar refractivity (Wildman–Crippen MR) is 107 cm³/mol. The molecule has 0 aliphatic heterocycles. The van der Waals surface area contributed by atoms with E-state index in [0.717, 1.165) is 5.56 Å². The van der Waals surface area contributed by atoms with Crippen molar-refractivity contribution < 1.29 is 32.9 Å². The van der Waals surface area contributed by atoms with Crippen LogP contribution in [0.5, 0.6) is 23.0 Å². The Hall–Kier alpha value is -3.49. The molecule has 9 heteroatoms. The summed E-state index contributed by atoms with van der Waals surface area (Å²) in [6.07, 6.45) is -0.529. The van der Waals surface area contributed by atoms with Crippen molar-refractivity contribution in [3.05, 3.63) is 47.8 Å². The first-order valence-electron chi connectivity index (χ1n) is 9.18. The first kappa shape index (κ1) is 22.8. The molecule has 0 aliphatic carbocycles. The summed E-state index contributed by atoms with van der Waals surface area (Å²) in [5.41, 5.74) is 5.37. The van der Waals surface area contributed by atoms with Gasteiger partial charge in [0.1, 0.15) is 0 Å². The topological polar surface area (TPSA) is 95.1 Å². The van der Waals surface area contributed by atoms with E-state index >= 15 is 0 Å². The molecule has 0 saturated heterocycles. The van der Waals surface area contributed by atoms with Gasteiger partial charge >= 0.3 is 0 Å². The number of amides is 2. The van der Waals surface area contributed by atoms with E-state index in [1.165, 1.54) is 46.5 Å². The number of para-hydroxylation sites is 1. The van der Waals surface area contributed by atoms with Crippen LogP contribution in [0.4, 0.5) is 4.39 Å². The molecule has 0 fully saturated rings. The first-order chi connectivity index (χ1) is 14.4. The lowest BCUT2D eigenvalue weighted by molar-refractivity contribution is -0.132. The minimum Gasteiger partial charge on any atom is -0.493 e. The number of hydrazine groups is 1. The molecule has 2 aromatic carbocycles. The minimum absolute atomic E-state index is 0.0473. The molecule has 0 bridgehead atoms. The smallest absolute Gasteiger partial charge is 0.279 e. The molecule has 0 aromatic heterocycles. The van der Waals surface area contributed by atoms with Crippen molar-refractivity contribution in [1.82, 2.24) is 10.9 Å². The van der Waals surface area contributed by atoms with Gasteiger partial charge in [0.2, 0.25) is 11.7 Å². The van der Waals surface area contributed by atoms with Crippen LogP contribution < -0.4 is 29.8 Å². The lowest BCUT2D eigenvalue weighted by Crippen LogP contribution is -2.47. The van der Waals surface area contributed by atoms with E-state index < -0.39 is 23.7 Å². The van der Waals surface area contributed by atoms with E-state index in [9.17, 15) is 14.0 Å². The number of ether oxygens (including phenoxy) is 4. The molecule has 2 amide bonds. The zero-order valence-corrected chi connectivity index (χ0v) is 17.3. The third-order valence-electron chi connectivity index (χ3n) is 4.20. The van der Waals surface area contributed by atoms with Gasteiger partial charge in [0.15, 0.2) is 29.2 Å². The zero-order valence-electron chi connectivity index (χ0n) is 17.3. The Morgan fingerprint density at radius 2 is 1.60 bits per heavy atom. The number of aryl methyl sites for hydroxylation is 1. The SMILES string of the molecule is COc1cc(CCC(=O)NNC(=O)[C@H](C)Oc2ccccc2F)cc(OC)c1OC. The molecule has 0 unspecified atom stereocenters. The van der Waals surface area contributed by atoms with Crippen molar-refractivity contribution in [2.45, 2.75) is 25.9 Å². The van der Waals surface area contributed by atoms with Crippen LogP contribution in [0, 0.1) is 5.82 Å². The predicted octanol–water partition coefficient (Wildman–Crippen LogP) is 2.40. The molecule has 8 nitrogen and oxygen atoms in total. The molecule has 162 valence electrons. The fourth-order valence-electron chi connectivity index (χ4n) is 2.62. The van der Waals surface area contributed by atoms with Gasteiger partial charge in [0.25, 0.3) is 5.91 Å². The quantitative estimate of drug-likeness (QED) is 0.605. The van der Waals surface area contributed by atoms with Crippen LogP contribution in [-0.4, -0.2) is 39.2 Å². The number of carbonyl (C=O) groups excluding carboxylic acids is 2. The van der Waals surface area contributed by atoms with E-state index in [0.29, 0.717) is 23.7 Å². The summed E-state index contributed by atoms with van der Waals surface area (Å²) < 4.78 is 34.7. The molecular formula is C21H25FN2O6. The van der Waals surface area contributed by atoms with Crippen LogP contribution in [0.25, 0.3) is 0 Å². The summed E-state index contributed by atoms with van der Waals surface area (Å²) in [6.45, 7) is 1.45. The van der Waals surface area contributed by atoms with Crippen molar-refractivity contribution in [2.24, 2.45) is 0 Å². The van der Waals surface area contributed by atoms with Crippen LogP contribution in [0.1, 0.15) is 18.9 Å². The number of nitrogens with one attached hydrogen (secondary N) is 2. The minimum atomic E-state index is -1.00. The van der Waals surface area contributed by atoms with Crippen LogP contribution in [-0.2, 0) is 16.0 Å². The van der Waals surface area contributed by atoms with Gasteiger partial charge in [-0.2, -0.15) is 0 Å². The maximum absolute atomic E-state index is 13.6. The van der Waals surface area contributed by atoms with Crippen molar-refractivity contribution in [3.8, 4) is 23.0 Å². The van der Waals surface area contributed by atoms with Crippen molar-refractivity contribution in [3.63, 3.8) is 0 Å². The Morgan fingerprint density at radius 3 is 2.17 bits per heavy atom. The third kappa shape index (κ3) is 6.00. The van der Waals surface area contributed by atoms with E-state index in [4.69, 9.17) is 18.9 Å². The number of hydrogen-bond donors (Lipinski definition) is 2. The molecule has 1 atom stereocenters. The molecular weight excluding hydrogens is 395 g/mol. The van der Waals surface area contributed by atoms with Crippen LogP contribution in [0.2, 0.25) is 0 Å². The number of benzene rings is 2. The van der Waals surface area contributed by atoms with E-state index in [2.05, 4.69) is 10.9 Å². The first-order valence-corrected chi connectivity index (χ1v) is 9.18. The van der Waals surface area contributed by atoms with Crippen LogP contribution in [0.15, 0.2) is 36.4 Å². The standard InChI is InChI=1S/C21H25FN2O6/c1-13(30-16-8-6-5-7-15(16)22)21(26)24-23-19(25)10-9-14-11-17(27-2)20(29-4)18(12-14)28-3/h5-8,11-13H,9-10H2,1-4H3,(H,23,25)(H,24,26)/t13-/m0/s1. The fraction of sp³-hybridized carbons (Fsp3) is 0.333. The van der Waals surface area contributed by atoms with Gasteiger partial charge in [0.05, 0.1) is 21.3 Å². The Balaban J connectivity index is 1.86. The normalized spacial score (nSPS) is 11.2. The highest BCUT2D eigenvalue weighted by atomic mass is 19.1. The lowest BCUT2D eigenvalue weighted by Gasteiger charge is -2.16. The summed E-state index contributed by atoms with van der Waals surface area (Å²) in [5, 5.41) is 0.